The predicted molar refractivity (Wildman–Crippen MR) is 215 cm³/mol. The highest BCUT2D eigenvalue weighted by Gasteiger charge is 2.43. The molecular weight excluding hydrogens is 706 g/mol. The molecule has 0 aromatic carbocycles. The Bertz CT molecular complexity index is 1660. The number of hydrogen-bond donors (Lipinski definition) is 2. The first kappa shape index (κ1) is 41.1. The van der Waals surface area contributed by atoms with Gasteiger partial charge in [0.15, 0.2) is 0 Å². The third kappa shape index (κ3) is 10.4. The van der Waals surface area contributed by atoms with Gasteiger partial charge in [0.05, 0.1) is 17.8 Å². The van der Waals surface area contributed by atoms with Crippen LogP contribution in [0.15, 0.2) is 18.3 Å². The molecule has 2 aliphatic rings. The lowest BCUT2D eigenvalue weighted by Gasteiger charge is -2.41. The third-order valence-corrected chi connectivity index (χ3v) is 13.8. The molecule has 2 saturated carbocycles. The molecule has 0 bridgehead atoms. The van der Waals surface area contributed by atoms with Gasteiger partial charge in [0.1, 0.15) is 18.2 Å². The van der Waals surface area contributed by atoms with E-state index in [1.54, 1.807) is 34.8 Å². The molecule has 53 heavy (non-hydrogen) atoms. The molecule has 2 amide bonds. The highest BCUT2D eigenvalue weighted by Crippen LogP contribution is 2.48. The molecule has 2 fully saturated rings. The first-order valence-electron chi connectivity index (χ1n) is 19.9. The minimum absolute atomic E-state index is 0.00947. The molecule has 3 heterocycles. The molecule has 3 aromatic rings. The van der Waals surface area contributed by atoms with E-state index in [1.807, 2.05) is 18.5 Å². The minimum atomic E-state index is -1.23. The minimum Gasteiger partial charge on any atom is -0.364 e. The first-order valence-corrected chi connectivity index (χ1v) is 25.0. The fraction of sp³-hybridized carbons (Fsp3) is 0.675. The van der Waals surface area contributed by atoms with Gasteiger partial charge in [-0.15, -0.1) is 0 Å². The highest BCUT2D eigenvalue weighted by atomic mass is 32.2. The molecule has 13 heteroatoms. The number of aromatic nitrogens is 5. The van der Waals surface area contributed by atoms with Crippen molar-refractivity contribution < 1.29 is 18.7 Å². The zero-order valence-electron chi connectivity index (χ0n) is 32.9. The lowest BCUT2D eigenvalue weighted by molar-refractivity contribution is -0.120. The van der Waals surface area contributed by atoms with Crippen LogP contribution in [-0.4, -0.2) is 63.0 Å². The van der Waals surface area contributed by atoms with Crippen LogP contribution in [0.5, 0.6) is 0 Å². The summed E-state index contributed by atoms with van der Waals surface area (Å²) in [6, 6.07) is 4.41. The topological polar surface area (TPSA) is 130 Å². The second-order valence-electron chi connectivity index (χ2n) is 16.4. The van der Waals surface area contributed by atoms with E-state index < -0.39 is 25.8 Å². The van der Waals surface area contributed by atoms with Gasteiger partial charge in [-0.1, -0.05) is 90.8 Å². The van der Waals surface area contributed by atoms with Crippen molar-refractivity contribution in [3.63, 3.8) is 0 Å². The summed E-state index contributed by atoms with van der Waals surface area (Å²) in [4.78, 5) is 32.3. The van der Waals surface area contributed by atoms with Crippen LogP contribution in [-0.2, 0) is 29.2 Å². The third-order valence-electron chi connectivity index (χ3n) is 11.4. The van der Waals surface area contributed by atoms with E-state index in [0.717, 1.165) is 75.3 Å². The Kier molecular flexibility index (Phi) is 14.8. The molecule has 3 aromatic heterocycles. The van der Waals surface area contributed by atoms with Gasteiger partial charge in [0.25, 0.3) is 5.91 Å². The number of pyridine rings is 1. The summed E-state index contributed by atoms with van der Waals surface area (Å²) < 4.78 is 25.6. The van der Waals surface area contributed by atoms with Crippen LogP contribution in [0.3, 0.4) is 0 Å². The van der Waals surface area contributed by atoms with Gasteiger partial charge < -0.3 is 15.8 Å². The molecule has 0 saturated heterocycles. The molecule has 0 radical (unpaired) electrons. The largest absolute Gasteiger partial charge is 0.364 e. The van der Waals surface area contributed by atoms with Crippen molar-refractivity contribution in [2.45, 2.75) is 136 Å². The maximum absolute atomic E-state index is 16.1. The lowest BCUT2D eigenvalue weighted by Crippen LogP contribution is -2.39. The van der Waals surface area contributed by atoms with Crippen LogP contribution >= 0.6 is 11.8 Å². The van der Waals surface area contributed by atoms with E-state index in [4.69, 9.17) is 15.6 Å². The normalized spacial score (nSPS) is 16.7. The van der Waals surface area contributed by atoms with Crippen molar-refractivity contribution in [1.82, 2.24) is 24.5 Å². The van der Waals surface area contributed by atoms with Gasteiger partial charge in [0, 0.05) is 43.6 Å². The molecule has 10 nitrogen and oxygen atoms in total. The number of primary amides is 1. The van der Waals surface area contributed by atoms with E-state index in [-0.39, 0.29) is 17.6 Å². The number of anilines is 1. The molecule has 3 N–H and O–H groups in total. The van der Waals surface area contributed by atoms with Gasteiger partial charge in [-0.25, -0.2) is 9.67 Å². The number of thioether (sulfide) groups is 1. The number of nitrogens with zero attached hydrogens (tertiary/aromatic N) is 5. The molecular formula is C40H62FN7O3SSi. The fourth-order valence-corrected chi connectivity index (χ4v) is 9.96. The zero-order chi connectivity index (χ0) is 38.1. The van der Waals surface area contributed by atoms with Crippen molar-refractivity contribution in [3.05, 3.63) is 46.9 Å². The summed E-state index contributed by atoms with van der Waals surface area (Å²) in [6.07, 6.45) is 16.3. The molecule has 2 aliphatic carbocycles. The van der Waals surface area contributed by atoms with Crippen LogP contribution in [0.25, 0.3) is 11.1 Å². The van der Waals surface area contributed by atoms with Gasteiger partial charge in [-0.3, -0.25) is 14.3 Å². The van der Waals surface area contributed by atoms with E-state index in [9.17, 15) is 9.59 Å². The number of nitrogens with one attached hydrogen (secondary N) is 1. The van der Waals surface area contributed by atoms with Crippen LogP contribution < -0.4 is 11.1 Å². The molecule has 0 unspecified atom stereocenters. The number of rotatable bonds is 18. The highest BCUT2D eigenvalue weighted by molar-refractivity contribution is 7.98. The SMILES string of the molecule is CCc1c(-c2ccc(NC(=O)[C@H](c3cnn(CCCSC)c3C(N)=O)C(C3CCCCC3)C3CCCCC3)nc2F)c(C)nn1COCC[Si](C)(C)C. The Morgan fingerprint density at radius 3 is 2.28 bits per heavy atom. The zero-order valence-corrected chi connectivity index (χ0v) is 34.7. The van der Waals surface area contributed by atoms with Crippen molar-refractivity contribution in [2.75, 3.05) is 23.9 Å². The number of nitrogens with two attached hydrogens (primary N) is 1. The monoisotopic (exact) mass is 767 g/mol. The number of amides is 2. The smallest absolute Gasteiger partial charge is 0.267 e. The fourth-order valence-electron chi connectivity index (χ4n) is 8.79. The Morgan fingerprint density at radius 2 is 1.72 bits per heavy atom. The first-order chi connectivity index (χ1) is 25.4. The number of carbonyl (C=O) groups is 2. The Hall–Kier alpha value is -3.03. The molecule has 0 aliphatic heterocycles. The lowest BCUT2D eigenvalue weighted by atomic mass is 9.63. The maximum atomic E-state index is 16.1. The Morgan fingerprint density at radius 1 is 1.06 bits per heavy atom. The van der Waals surface area contributed by atoms with Crippen LogP contribution in [0.4, 0.5) is 10.2 Å². The number of hydrogen-bond acceptors (Lipinski definition) is 7. The van der Waals surface area contributed by atoms with E-state index in [0.29, 0.717) is 66.2 Å². The Labute approximate surface area is 321 Å². The maximum Gasteiger partial charge on any atom is 0.267 e. The van der Waals surface area contributed by atoms with Gasteiger partial charge in [-0.2, -0.15) is 26.3 Å². The van der Waals surface area contributed by atoms with E-state index in [1.165, 1.54) is 12.8 Å². The van der Waals surface area contributed by atoms with Crippen LogP contribution in [0.1, 0.15) is 111 Å². The summed E-state index contributed by atoms with van der Waals surface area (Å²) in [5, 5.41) is 12.4. The van der Waals surface area contributed by atoms with E-state index >= 15 is 4.39 Å². The number of ether oxygens (including phenoxy) is 1. The standard InChI is InChI=1S/C40H62FN7O3SSi/c1-7-32-34(27(2)46-48(32)26-51-22-24-53(4,5)6)30-19-20-33(44-38(30)41)45-40(50)36(31-25-43-47(21-14-23-52-3)37(31)39(42)49)35(28-15-10-8-11-16-28)29-17-12-9-13-18-29/h19-20,25,28-29,35-36H,7-18,21-24,26H2,1-6H3,(H2,42,49)(H,44,45,50)/t36-/m1/s1. The molecule has 292 valence electrons. The van der Waals surface area contributed by atoms with Gasteiger partial charge >= 0.3 is 0 Å². The number of halogens is 1. The van der Waals surface area contributed by atoms with Crippen molar-refractivity contribution in [2.24, 2.45) is 23.5 Å². The van der Waals surface area contributed by atoms with Gasteiger partial charge in [0.2, 0.25) is 11.9 Å². The number of carbonyl (C=O) groups excluding carboxylic acids is 2. The molecule has 5 rings (SSSR count). The van der Waals surface area contributed by atoms with Crippen LogP contribution in [0.2, 0.25) is 25.7 Å². The predicted octanol–water partition coefficient (Wildman–Crippen LogP) is 8.81. The van der Waals surface area contributed by atoms with Crippen molar-refractivity contribution >= 4 is 37.5 Å². The summed E-state index contributed by atoms with van der Waals surface area (Å²) in [5.41, 5.74) is 9.59. The van der Waals surface area contributed by atoms with Gasteiger partial charge in [-0.05, 0) is 67.7 Å². The molecule has 0 spiro atoms. The van der Waals surface area contributed by atoms with Crippen molar-refractivity contribution in [3.8, 4) is 11.1 Å². The average Bonchev–Trinajstić information content (AvgIpc) is 3.69. The molecule has 1 atom stereocenters. The Balaban J connectivity index is 1.48. The van der Waals surface area contributed by atoms with E-state index in [2.05, 4.69) is 41.3 Å². The summed E-state index contributed by atoms with van der Waals surface area (Å²) in [7, 11) is -1.23. The quantitative estimate of drug-likeness (QED) is 0.0752. The second kappa shape index (κ2) is 19.0. The van der Waals surface area contributed by atoms with Crippen molar-refractivity contribution in [1.29, 1.82) is 0 Å². The summed E-state index contributed by atoms with van der Waals surface area (Å²) in [6.45, 7) is 12.4. The summed E-state index contributed by atoms with van der Waals surface area (Å²) >= 11 is 1.74. The second-order valence-corrected chi connectivity index (χ2v) is 23.0. The summed E-state index contributed by atoms with van der Waals surface area (Å²) in [5.74, 6) is -0.475. The van der Waals surface area contributed by atoms with Crippen LogP contribution in [0, 0.1) is 30.6 Å². The number of aryl methyl sites for hydroxylation is 2. The average molecular weight is 768 g/mol.